The highest BCUT2D eigenvalue weighted by molar-refractivity contribution is 6.31. The number of carbonyl (C=O) groups is 1. The molecule has 2 aliphatic rings. The molecule has 2 aliphatic heterocycles. The Balaban J connectivity index is 1.40. The van der Waals surface area contributed by atoms with Gasteiger partial charge >= 0.3 is 11.8 Å². The van der Waals surface area contributed by atoms with E-state index >= 15 is 0 Å². The van der Waals surface area contributed by atoms with Crippen LogP contribution in [-0.2, 0) is 6.54 Å². The lowest BCUT2D eigenvalue weighted by Gasteiger charge is -2.33. The summed E-state index contributed by atoms with van der Waals surface area (Å²) in [6.45, 7) is 4.41. The minimum absolute atomic E-state index is 0.0538. The molecule has 1 fully saturated rings. The summed E-state index contributed by atoms with van der Waals surface area (Å²) in [5.41, 5.74) is 2.07. The predicted molar refractivity (Wildman–Crippen MR) is 127 cm³/mol. The van der Waals surface area contributed by atoms with Crippen molar-refractivity contribution < 1.29 is 18.1 Å². The summed E-state index contributed by atoms with van der Waals surface area (Å²) < 4.78 is 33.6. The highest BCUT2D eigenvalue weighted by Crippen LogP contribution is 2.37. The van der Waals surface area contributed by atoms with Gasteiger partial charge in [0.25, 0.3) is 0 Å². The molecular formula is C23H24ClF2N7O2. The lowest BCUT2D eigenvalue weighted by Crippen LogP contribution is -2.37. The van der Waals surface area contributed by atoms with Crippen molar-refractivity contribution >= 4 is 29.0 Å². The monoisotopic (exact) mass is 503 g/mol. The fourth-order valence-corrected chi connectivity index (χ4v) is 4.68. The van der Waals surface area contributed by atoms with Gasteiger partial charge in [0.05, 0.1) is 10.7 Å². The summed E-state index contributed by atoms with van der Waals surface area (Å²) in [4.78, 5) is 23.1. The van der Waals surface area contributed by atoms with Crippen LogP contribution in [0, 0.1) is 18.6 Å². The fourth-order valence-electron chi connectivity index (χ4n) is 4.47. The molecule has 184 valence electrons. The van der Waals surface area contributed by atoms with E-state index in [2.05, 4.69) is 31.1 Å². The summed E-state index contributed by atoms with van der Waals surface area (Å²) in [5.74, 6) is -1.04. The van der Waals surface area contributed by atoms with Gasteiger partial charge in [-0.3, -0.25) is 4.79 Å². The van der Waals surface area contributed by atoms with E-state index in [-0.39, 0.29) is 34.9 Å². The minimum atomic E-state index is -0.677. The molecule has 1 unspecified atom stereocenters. The van der Waals surface area contributed by atoms with Crippen LogP contribution in [0.5, 0.6) is 0 Å². The van der Waals surface area contributed by atoms with Crippen molar-refractivity contribution in [2.24, 2.45) is 0 Å². The van der Waals surface area contributed by atoms with E-state index in [1.165, 1.54) is 0 Å². The maximum absolute atomic E-state index is 14.5. The Morgan fingerprint density at radius 1 is 1.31 bits per heavy atom. The highest BCUT2D eigenvalue weighted by atomic mass is 35.5. The van der Waals surface area contributed by atoms with Crippen molar-refractivity contribution in [2.45, 2.75) is 32.4 Å². The Hall–Kier alpha value is -3.31. The van der Waals surface area contributed by atoms with Crippen LogP contribution in [-0.4, -0.2) is 53.3 Å². The molecule has 0 bridgehead atoms. The Morgan fingerprint density at radius 3 is 2.94 bits per heavy atom. The van der Waals surface area contributed by atoms with Crippen molar-refractivity contribution in [3.05, 3.63) is 52.0 Å². The summed E-state index contributed by atoms with van der Waals surface area (Å²) in [7, 11) is 0. The summed E-state index contributed by atoms with van der Waals surface area (Å²) in [6.07, 6.45) is 3.68. The van der Waals surface area contributed by atoms with Crippen LogP contribution in [0.2, 0.25) is 5.02 Å². The number of aromatic nitrogens is 3. The molecule has 1 aromatic carbocycles. The van der Waals surface area contributed by atoms with E-state index in [9.17, 15) is 13.6 Å². The van der Waals surface area contributed by atoms with Crippen molar-refractivity contribution in [3.63, 3.8) is 0 Å². The summed E-state index contributed by atoms with van der Waals surface area (Å²) in [5, 5.41) is 13.1. The zero-order valence-corrected chi connectivity index (χ0v) is 19.8. The van der Waals surface area contributed by atoms with Gasteiger partial charge in [-0.25, -0.2) is 13.8 Å². The van der Waals surface area contributed by atoms with E-state index < -0.39 is 17.5 Å². The maximum Gasteiger partial charge on any atom is 0.316 e. The first kappa shape index (κ1) is 23.4. The molecule has 0 spiro atoms. The number of anilines is 2. The number of amides is 1. The topological polar surface area (TPSA) is 108 Å². The number of hydrogen-bond donors (Lipinski definition) is 3. The second-order valence-electron chi connectivity index (χ2n) is 8.59. The zero-order valence-electron chi connectivity index (χ0n) is 19.0. The normalized spacial score (nSPS) is 17.3. The number of rotatable bonds is 6. The van der Waals surface area contributed by atoms with Gasteiger partial charge < -0.3 is 25.4 Å². The van der Waals surface area contributed by atoms with Gasteiger partial charge in [0.1, 0.15) is 17.5 Å². The fraction of sp³-hybridized carbons (Fsp3) is 0.391. The van der Waals surface area contributed by atoms with Crippen LogP contribution in [0.3, 0.4) is 0 Å². The van der Waals surface area contributed by atoms with Crippen molar-refractivity contribution in [1.29, 1.82) is 0 Å². The zero-order chi connectivity index (χ0) is 24.5. The van der Waals surface area contributed by atoms with Crippen molar-refractivity contribution in [3.8, 4) is 11.4 Å². The molecule has 2 aromatic heterocycles. The van der Waals surface area contributed by atoms with E-state index in [0.717, 1.165) is 37.1 Å². The average molecular weight is 504 g/mol. The second-order valence-corrected chi connectivity index (χ2v) is 8.97. The van der Waals surface area contributed by atoms with Crippen molar-refractivity contribution in [2.75, 3.05) is 36.4 Å². The first-order valence-corrected chi connectivity index (χ1v) is 11.8. The molecular weight excluding hydrogens is 480 g/mol. The van der Waals surface area contributed by atoms with Gasteiger partial charge in [-0.1, -0.05) is 16.8 Å². The van der Waals surface area contributed by atoms with E-state index in [0.29, 0.717) is 36.7 Å². The molecule has 1 saturated heterocycles. The molecule has 0 saturated carbocycles. The van der Waals surface area contributed by atoms with E-state index in [1.807, 2.05) is 11.8 Å². The lowest BCUT2D eigenvalue weighted by molar-refractivity contribution is 0.0906. The van der Waals surface area contributed by atoms with Crippen LogP contribution in [0.15, 0.2) is 22.9 Å². The van der Waals surface area contributed by atoms with Gasteiger partial charge in [-0.2, -0.15) is 4.98 Å². The number of benzene rings is 1. The van der Waals surface area contributed by atoms with Crippen LogP contribution in [0.1, 0.15) is 34.7 Å². The van der Waals surface area contributed by atoms with Crippen LogP contribution >= 0.6 is 11.6 Å². The minimum Gasteiger partial charge on any atom is -0.367 e. The highest BCUT2D eigenvalue weighted by Gasteiger charge is 2.27. The van der Waals surface area contributed by atoms with Crippen LogP contribution in [0.25, 0.3) is 11.4 Å². The molecule has 1 amide bonds. The predicted octanol–water partition coefficient (Wildman–Crippen LogP) is 3.29. The second kappa shape index (κ2) is 9.74. The summed E-state index contributed by atoms with van der Waals surface area (Å²) in [6, 6.07) is 2.31. The van der Waals surface area contributed by atoms with Gasteiger partial charge in [-0.05, 0) is 44.0 Å². The van der Waals surface area contributed by atoms with Crippen molar-refractivity contribution in [1.82, 2.24) is 25.8 Å². The number of pyridine rings is 1. The molecule has 5 rings (SSSR count). The Bertz CT molecular complexity index is 1260. The number of halogens is 3. The SMILES string of the molecule is Cc1c(-c2noc(C(=O)NCC3CCCN3)n2)cnc2c1N(Cc1c(F)ccc(F)c1Cl)CCN2. The summed E-state index contributed by atoms with van der Waals surface area (Å²) >= 11 is 6.06. The Kier molecular flexibility index (Phi) is 6.52. The van der Waals surface area contributed by atoms with Gasteiger partial charge in [-0.15, -0.1) is 0 Å². The van der Waals surface area contributed by atoms with E-state index in [4.69, 9.17) is 16.1 Å². The first-order chi connectivity index (χ1) is 16.9. The van der Waals surface area contributed by atoms with Gasteiger partial charge in [0.2, 0.25) is 5.82 Å². The molecule has 0 radical (unpaired) electrons. The standard InChI is InChI=1S/C23H24ClF2N7O2/c1-12-14(20-31-23(35-32-20)22(34)30-9-13-3-2-6-27-13)10-29-21-19(12)33(8-7-28-21)11-15-16(25)4-5-17(26)18(15)24/h4-5,10,13,27H,2-3,6-9,11H2,1H3,(H,28,29)(H,30,34). The molecule has 0 aliphatic carbocycles. The third kappa shape index (κ3) is 4.65. The van der Waals surface area contributed by atoms with Crippen LogP contribution < -0.4 is 20.9 Å². The molecule has 3 aromatic rings. The largest absolute Gasteiger partial charge is 0.367 e. The average Bonchev–Trinajstić information content (AvgIpc) is 3.56. The smallest absolute Gasteiger partial charge is 0.316 e. The Morgan fingerprint density at radius 2 is 2.14 bits per heavy atom. The third-order valence-corrected chi connectivity index (χ3v) is 6.73. The lowest BCUT2D eigenvalue weighted by atomic mass is 10.1. The number of nitrogens with zero attached hydrogens (tertiary/aromatic N) is 4. The van der Waals surface area contributed by atoms with Gasteiger partial charge in [0.15, 0.2) is 0 Å². The number of carbonyl (C=O) groups excluding carboxylic acids is 1. The molecule has 4 heterocycles. The Labute approximate surface area is 205 Å². The van der Waals surface area contributed by atoms with E-state index in [1.54, 1.807) is 6.20 Å². The van der Waals surface area contributed by atoms with Crippen LogP contribution in [0.4, 0.5) is 20.3 Å². The molecule has 12 heteroatoms. The molecule has 3 N–H and O–H groups in total. The number of fused-ring (bicyclic) bond motifs is 1. The third-order valence-electron chi connectivity index (χ3n) is 6.32. The molecule has 9 nitrogen and oxygen atoms in total. The van der Waals surface area contributed by atoms with Gasteiger partial charge in [0, 0.05) is 49.5 Å². The first-order valence-electron chi connectivity index (χ1n) is 11.4. The molecule has 1 atom stereocenters. The number of hydrogen-bond acceptors (Lipinski definition) is 8. The quantitative estimate of drug-likeness (QED) is 0.440. The maximum atomic E-state index is 14.5. The molecule has 35 heavy (non-hydrogen) atoms. The number of nitrogens with one attached hydrogen (secondary N) is 3.